The van der Waals surface area contributed by atoms with Gasteiger partial charge in [0.05, 0.1) is 17.6 Å². The minimum Gasteiger partial charge on any atom is -0.392 e. The lowest BCUT2D eigenvalue weighted by molar-refractivity contribution is 0.282. The van der Waals surface area contributed by atoms with E-state index in [9.17, 15) is 9.90 Å². The van der Waals surface area contributed by atoms with Crippen LogP contribution in [-0.2, 0) is 6.61 Å². The molecule has 0 atom stereocenters. The van der Waals surface area contributed by atoms with Gasteiger partial charge in [-0.3, -0.25) is 0 Å². The molecule has 104 valence electrons. The Morgan fingerprint density at radius 2 is 2.25 bits per heavy atom. The number of aromatic amines is 1. The highest BCUT2D eigenvalue weighted by atomic mass is 16.3. The molecule has 0 saturated carbocycles. The zero-order valence-electron chi connectivity index (χ0n) is 11.2. The summed E-state index contributed by atoms with van der Waals surface area (Å²) in [5.41, 5.74) is 2.14. The van der Waals surface area contributed by atoms with Crippen LogP contribution >= 0.6 is 0 Å². The van der Waals surface area contributed by atoms with Crippen molar-refractivity contribution in [1.82, 2.24) is 19.6 Å². The number of fused-ring (bicyclic) bond motifs is 3. The van der Waals surface area contributed by atoms with Crippen molar-refractivity contribution >= 4 is 22.5 Å². The summed E-state index contributed by atoms with van der Waals surface area (Å²) in [5, 5.41) is 18.8. The van der Waals surface area contributed by atoms with Crippen molar-refractivity contribution in [2.75, 3.05) is 5.32 Å². The maximum atomic E-state index is 12.0. The van der Waals surface area contributed by atoms with Crippen molar-refractivity contribution in [2.24, 2.45) is 0 Å². The highest BCUT2D eigenvalue weighted by Crippen LogP contribution is 2.20. The van der Waals surface area contributed by atoms with E-state index < -0.39 is 0 Å². The van der Waals surface area contributed by atoms with Crippen LogP contribution in [0, 0.1) is 0 Å². The van der Waals surface area contributed by atoms with Crippen LogP contribution in [0.4, 0.5) is 5.82 Å². The number of anilines is 1. The first-order valence-corrected chi connectivity index (χ1v) is 6.37. The first-order chi connectivity index (χ1) is 9.60. The lowest BCUT2D eigenvalue weighted by atomic mass is 10.2. The van der Waals surface area contributed by atoms with Gasteiger partial charge in [0.1, 0.15) is 0 Å². The molecule has 1 aromatic carbocycles. The van der Waals surface area contributed by atoms with E-state index in [-0.39, 0.29) is 18.3 Å². The molecule has 7 heteroatoms. The molecule has 20 heavy (non-hydrogen) atoms. The molecule has 0 radical (unpaired) electrons. The number of nitrogens with zero attached hydrogens (tertiary/aromatic N) is 3. The number of nitrogens with one attached hydrogen (secondary N) is 2. The molecule has 2 heterocycles. The van der Waals surface area contributed by atoms with Crippen LogP contribution in [0.1, 0.15) is 19.4 Å². The van der Waals surface area contributed by atoms with Crippen molar-refractivity contribution in [1.29, 1.82) is 0 Å². The SMILES string of the molecule is CC(C)Nc1nc2ccc(CO)cc2n2c(=O)[nH]nc12. The second kappa shape index (κ2) is 4.61. The molecule has 7 nitrogen and oxygen atoms in total. The quantitative estimate of drug-likeness (QED) is 0.658. The van der Waals surface area contributed by atoms with E-state index in [0.29, 0.717) is 22.5 Å². The number of hydrogen-bond acceptors (Lipinski definition) is 5. The van der Waals surface area contributed by atoms with Crippen LogP contribution in [0.3, 0.4) is 0 Å². The molecule has 3 rings (SSSR count). The Bertz CT molecular complexity index is 834. The van der Waals surface area contributed by atoms with Crippen molar-refractivity contribution in [3.8, 4) is 0 Å². The van der Waals surface area contributed by atoms with E-state index >= 15 is 0 Å². The molecule has 3 N–H and O–H groups in total. The normalized spacial score (nSPS) is 11.6. The van der Waals surface area contributed by atoms with Gasteiger partial charge >= 0.3 is 5.69 Å². The van der Waals surface area contributed by atoms with Gasteiger partial charge in [-0.25, -0.2) is 19.3 Å². The average molecular weight is 273 g/mol. The van der Waals surface area contributed by atoms with Gasteiger partial charge in [-0.15, -0.1) is 5.10 Å². The van der Waals surface area contributed by atoms with Gasteiger partial charge in [0.15, 0.2) is 5.82 Å². The fourth-order valence-corrected chi connectivity index (χ4v) is 2.16. The van der Waals surface area contributed by atoms with Gasteiger partial charge in [-0.1, -0.05) is 6.07 Å². The standard InChI is InChI=1S/C13H15N5O2/c1-7(2)14-11-12-16-17-13(20)18(12)10-5-8(6-19)3-4-9(10)15-11/h3-5,7,19H,6H2,1-2H3,(H,14,15)(H,17,20). The van der Waals surface area contributed by atoms with Crippen LogP contribution < -0.4 is 11.0 Å². The third kappa shape index (κ3) is 1.92. The van der Waals surface area contributed by atoms with Crippen molar-refractivity contribution in [3.05, 3.63) is 34.2 Å². The summed E-state index contributed by atoms with van der Waals surface area (Å²) in [6.45, 7) is 3.89. The first kappa shape index (κ1) is 12.6. The zero-order chi connectivity index (χ0) is 14.3. The molecule has 0 fully saturated rings. The summed E-state index contributed by atoms with van der Waals surface area (Å²) in [7, 11) is 0. The highest BCUT2D eigenvalue weighted by molar-refractivity contribution is 5.83. The minimum atomic E-state index is -0.325. The van der Waals surface area contributed by atoms with Crippen LogP contribution in [0.25, 0.3) is 16.7 Å². The summed E-state index contributed by atoms with van der Waals surface area (Å²) in [6.07, 6.45) is 0. The Balaban J connectivity index is 2.40. The molecule has 0 bridgehead atoms. The van der Waals surface area contributed by atoms with Gasteiger partial charge in [-0.05, 0) is 31.5 Å². The fourth-order valence-electron chi connectivity index (χ4n) is 2.16. The molecule has 0 aliphatic heterocycles. The lowest BCUT2D eigenvalue weighted by Crippen LogP contribution is -2.15. The number of aliphatic hydroxyl groups is 1. The largest absolute Gasteiger partial charge is 0.392 e. The Kier molecular flexibility index (Phi) is 2.90. The smallest absolute Gasteiger partial charge is 0.348 e. The van der Waals surface area contributed by atoms with E-state index in [1.54, 1.807) is 18.2 Å². The van der Waals surface area contributed by atoms with E-state index in [1.165, 1.54) is 4.40 Å². The zero-order valence-corrected chi connectivity index (χ0v) is 11.2. The number of hydrogen-bond donors (Lipinski definition) is 3. The van der Waals surface area contributed by atoms with Crippen LogP contribution in [-0.4, -0.2) is 30.7 Å². The van der Waals surface area contributed by atoms with Crippen molar-refractivity contribution in [3.63, 3.8) is 0 Å². The van der Waals surface area contributed by atoms with E-state index in [4.69, 9.17) is 0 Å². The van der Waals surface area contributed by atoms with E-state index in [0.717, 1.165) is 5.56 Å². The Morgan fingerprint density at radius 3 is 2.95 bits per heavy atom. The predicted octanol–water partition coefficient (Wildman–Crippen LogP) is 0.883. The van der Waals surface area contributed by atoms with E-state index in [1.807, 2.05) is 13.8 Å². The second-order valence-corrected chi connectivity index (χ2v) is 4.93. The molecule has 0 saturated heterocycles. The summed E-state index contributed by atoms with van der Waals surface area (Å²) in [6, 6.07) is 5.48. The molecule has 2 aromatic heterocycles. The molecular weight excluding hydrogens is 258 g/mol. The van der Waals surface area contributed by atoms with Gasteiger partial charge in [0.25, 0.3) is 0 Å². The number of H-pyrrole nitrogens is 1. The number of aliphatic hydroxyl groups excluding tert-OH is 1. The predicted molar refractivity (Wildman–Crippen MR) is 75.8 cm³/mol. The molecule has 3 aromatic rings. The molecule has 0 aliphatic rings. The third-order valence-corrected chi connectivity index (χ3v) is 3.01. The molecule has 0 spiro atoms. The summed E-state index contributed by atoms with van der Waals surface area (Å²) >= 11 is 0. The number of rotatable bonds is 3. The van der Waals surface area contributed by atoms with Gasteiger partial charge in [-0.2, -0.15) is 0 Å². The van der Waals surface area contributed by atoms with Crippen LogP contribution in [0.5, 0.6) is 0 Å². The number of benzene rings is 1. The number of aromatic nitrogens is 4. The Morgan fingerprint density at radius 1 is 1.45 bits per heavy atom. The summed E-state index contributed by atoms with van der Waals surface area (Å²) < 4.78 is 1.46. The maximum absolute atomic E-state index is 12.0. The second-order valence-electron chi connectivity index (χ2n) is 4.93. The minimum absolute atomic E-state index is 0.0873. The third-order valence-electron chi connectivity index (χ3n) is 3.01. The van der Waals surface area contributed by atoms with Crippen LogP contribution in [0.2, 0.25) is 0 Å². The average Bonchev–Trinajstić information content (AvgIpc) is 2.81. The topological polar surface area (TPSA) is 95.3 Å². The Labute approximate surface area is 114 Å². The molecule has 0 unspecified atom stereocenters. The van der Waals surface area contributed by atoms with Gasteiger partial charge in [0, 0.05) is 6.04 Å². The maximum Gasteiger partial charge on any atom is 0.348 e. The van der Waals surface area contributed by atoms with Gasteiger partial charge < -0.3 is 10.4 Å². The summed E-state index contributed by atoms with van der Waals surface area (Å²) in [4.78, 5) is 16.5. The van der Waals surface area contributed by atoms with E-state index in [2.05, 4.69) is 20.5 Å². The molecule has 0 aliphatic carbocycles. The monoisotopic (exact) mass is 273 g/mol. The Hall–Kier alpha value is -2.41. The summed E-state index contributed by atoms with van der Waals surface area (Å²) in [5.74, 6) is 0.558. The highest BCUT2D eigenvalue weighted by Gasteiger charge is 2.13. The first-order valence-electron chi connectivity index (χ1n) is 6.37. The van der Waals surface area contributed by atoms with Crippen molar-refractivity contribution in [2.45, 2.75) is 26.5 Å². The van der Waals surface area contributed by atoms with Crippen molar-refractivity contribution < 1.29 is 5.11 Å². The van der Waals surface area contributed by atoms with Gasteiger partial charge in [0.2, 0.25) is 5.65 Å². The van der Waals surface area contributed by atoms with Crippen LogP contribution in [0.15, 0.2) is 23.0 Å². The molecule has 0 amide bonds. The fraction of sp³-hybridized carbons (Fsp3) is 0.308. The molecular formula is C13H15N5O2. The lowest BCUT2D eigenvalue weighted by Gasteiger charge is -2.11.